The molecule has 0 radical (unpaired) electrons. The molecule has 1 saturated heterocycles. The summed E-state index contributed by atoms with van der Waals surface area (Å²) in [5, 5.41) is 13.2. The predicted molar refractivity (Wildman–Crippen MR) is 104 cm³/mol. The van der Waals surface area contributed by atoms with Crippen molar-refractivity contribution in [3.05, 3.63) is 18.0 Å². The molecule has 6 heteroatoms. The number of carboxylic acid groups (broad SMARTS) is 1. The summed E-state index contributed by atoms with van der Waals surface area (Å²) in [7, 11) is 0. The standard InChI is InChI=1S/C21H33N3O3/c1-21(2,3)17-6-4-15(5-7-17)12-19(25)23-10-8-18(9-11-23)24-14-16(13-22-24)20(26)27/h13-15,17-18H,4-12H2,1-3H3,(H,26,27). The van der Waals surface area contributed by atoms with E-state index in [4.69, 9.17) is 5.11 Å². The number of nitrogens with zero attached hydrogens (tertiary/aromatic N) is 3. The largest absolute Gasteiger partial charge is 0.478 e. The number of carbonyl (C=O) groups excluding carboxylic acids is 1. The highest BCUT2D eigenvalue weighted by Gasteiger charge is 2.32. The Labute approximate surface area is 161 Å². The van der Waals surface area contributed by atoms with Crippen LogP contribution in [0.15, 0.2) is 12.4 Å². The van der Waals surface area contributed by atoms with Crippen molar-refractivity contribution in [3.63, 3.8) is 0 Å². The van der Waals surface area contributed by atoms with Gasteiger partial charge >= 0.3 is 5.97 Å². The third-order valence-corrected chi connectivity index (χ3v) is 6.57. The topological polar surface area (TPSA) is 75.4 Å². The molecule has 1 amide bonds. The van der Waals surface area contributed by atoms with Crippen molar-refractivity contribution >= 4 is 11.9 Å². The Balaban J connectivity index is 1.44. The highest BCUT2D eigenvalue weighted by Crippen LogP contribution is 2.40. The highest BCUT2D eigenvalue weighted by atomic mass is 16.4. The molecular weight excluding hydrogens is 342 g/mol. The van der Waals surface area contributed by atoms with Gasteiger partial charge < -0.3 is 10.0 Å². The van der Waals surface area contributed by atoms with E-state index in [2.05, 4.69) is 25.9 Å². The van der Waals surface area contributed by atoms with E-state index >= 15 is 0 Å². The lowest BCUT2D eigenvalue weighted by atomic mass is 9.69. The first-order valence-electron chi connectivity index (χ1n) is 10.3. The van der Waals surface area contributed by atoms with Crippen molar-refractivity contribution in [1.82, 2.24) is 14.7 Å². The van der Waals surface area contributed by atoms with Crippen molar-refractivity contribution < 1.29 is 14.7 Å². The van der Waals surface area contributed by atoms with Gasteiger partial charge in [-0.3, -0.25) is 9.48 Å². The normalized spacial score (nSPS) is 24.8. The molecule has 0 bridgehead atoms. The van der Waals surface area contributed by atoms with Gasteiger partial charge in [-0.2, -0.15) is 5.10 Å². The molecule has 2 heterocycles. The van der Waals surface area contributed by atoms with Gasteiger partial charge in [0.1, 0.15) is 0 Å². The van der Waals surface area contributed by atoms with Gasteiger partial charge in [0.2, 0.25) is 5.91 Å². The van der Waals surface area contributed by atoms with E-state index in [1.54, 1.807) is 10.9 Å². The fourth-order valence-corrected chi connectivity index (χ4v) is 4.64. The molecule has 150 valence electrons. The van der Waals surface area contributed by atoms with Crippen LogP contribution in [0.2, 0.25) is 0 Å². The van der Waals surface area contributed by atoms with Crippen molar-refractivity contribution in [2.45, 2.75) is 71.8 Å². The zero-order valence-electron chi connectivity index (χ0n) is 16.9. The molecule has 0 aromatic carbocycles. The number of aromatic carboxylic acids is 1. The number of carboxylic acids is 1. The predicted octanol–water partition coefficient (Wildman–Crippen LogP) is 3.99. The number of likely N-dealkylation sites (tertiary alicyclic amines) is 1. The molecule has 2 fully saturated rings. The minimum atomic E-state index is -0.949. The lowest BCUT2D eigenvalue weighted by Gasteiger charge is -2.38. The molecular formula is C21H33N3O3. The SMILES string of the molecule is CC(C)(C)C1CCC(CC(=O)N2CCC(n3cc(C(=O)O)cn3)CC2)CC1. The van der Waals surface area contributed by atoms with Gasteiger partial charge in [-0.15, -0.1) is 0 Å². The molecule has 1 aliphatic carbocycles. The van der Waals surface area contributed by atoms with Gasteiger partial charge in [-0.1, -0.05) is 20.8 Å². The lowest BCUT2D eigenvalue weighted by Crippen LogP contribution is -2.40. The van der Waals surface area contributed by atoms with E-state index in [1.165, 1.54) is 31.9 Å². The summed E-state index contributed by atoms with van der Waals surface area (Å²) in [6.07, 6.45) is 10.2. The van der Waals surface area contributed by atoms with Crippen LogP contribution in [0.3, 0.4) is 0 Å². The molecule has 6 nitrogen and oxygen atoms in total. The molecule has 27 heavy (non-hydrogen) atoms. The number of piperidine rings is 1. The summed E-state index contributed by atoms with van der Waals surface area (Å²) < 4.78 is 1.75. The van der Waals surface area contributed by atoms with Gasteiger partial charge in [0.15, 0.2) is 0 Å². The van der Waals surface area contributed by atoms with Crippen LogP contribution in [0, 0.1) is 17.3 Å². The summed E-state index contributed by atoms with van der Waals surface area (Å²) in [5.41, 5.74) is 0.600. The molecule has 1 saturated carbocycles. The smallest absolute Gasteiger partial charge is 0.338 e. The second kappa shape index (κ2) is 8.03. The van der Waals surface area contributed by atoms with E-state index in [0.717, 1.165) is 31.8 Å². The van der Waals surface area contributed by atoms with Crippen LogP contribution < -0.4 is 0 Å². The summed E-state index contributed by atoms with van der Waals surface area (Å²) in [5.74, 6) is 0.664. The van der Waals surface area contributed by atoms with E-state index in [9.17, 15) is 9.59 Å². The number of amides is 1. The number of carbonyl (C=O) groups is 2. The molecule has 1 aliphatic heterocycles. The van der Waals surface area contributed by atoms with Crippen molar-refractivity contribution in [3.8, 4) is 0 Å². The quantitative estimate of drug-likeness (QED) is 0.863. The average molecular weight is 376 g/mol. The Morgan fingerprint density at radius 3 is 2.26 bits per heavy atom. The average Bonchev–Trinajstić information content (AvgIpc) is 3.12. The van der Waals surface area contributed by atoms with Gasteiger partial charge in [0.05, 0.1) is 17.8 Å². The maximum absolute atomic E-state index is 12.7. The first-order chi connectivity index (χ1) is 12.7. The fourth-order valence-electron chi connectivity index (χ4n) is 4.64. The minimum Gasteiger partial charge on any atom is -0.478 e. The van der Waals surface area contributed by atoms with Crippen molar-refractivity contribution in [1.29, 1.82) is 0 Å². The van der Waals surface area contributed by atoms with Gasteiger partial charge in [0, 0.05) is 25.7 Å². The Hall–Kier alpha value is -1.85. The molecule has 1 aromatic rings. The third kappa shape index (κ3) is 4.90. The van der Waals surface area contributed by atoms with Crippen LogP contribution in [0.1, 0.15) is 82.1 Å². The van der Waals surface area contributed by atoms with Crippen LogP contribution in [-0.4, -0.2) is 44.8 Å². The van der Waals surface area contributed by atoms with E-state index < -0.39 is 5.97 Å². The Kier molecular flexibility index (Phi) is 5.92. The highest BCUT2D eigenvalue weighted by molar-refractivity contribution is 5.86. The van der Waals surface area contributed by atoms with Crippen LogP contribution in [0.4, 0.5) is 0 Å². The number of hydrogen-bond acceptors (Lipinski definition) is 3. The van der Waals surface area contributed by atoms with E-state index in [0.29, 0.717) is 23.7 Å². The number of hydrogen-bond donors (Lipinski definition) is 1. The maximum atomic E-state index is 12.7. The molecule has 0 unspecified atom stereocenters. The second-order valence-electron chi connectivity index (χ2n) is 9.41. The monoisotopic (exact) mass is 375 g/mol. The summed E-state index contributed by atoms with van der Waals surface area (Å²) in [6.45, 7) is 8.46. The van der Waals surface area contributed by atoms with Crippen molar-refractivity contribution in [2.24, 2.45) is 17.3 Å². The Bertz CT molecular complexity index is 660. The van der Waals surface area contributed by atoms with Crippen LogP contribution in [0.25, 0.3) is 0 Å². The first-order valence-corrected chi connectivity index (χ1v) is 10.3. The van der Waals surface area contributed by atoms with Gasteiger partial charge in [0.25, 0.3) is 0 Å². The molecule has 1 aromatic heterocycles. The zero-order valence-corrected chi connectivity index (χ0v) is 16.9. The third-order valence-electron chi connectivity index (χ3n) is 6.57. The van der Waals surface area contributed by atoms with Gasteiger partial charge in [-0.25, -0.2) is 4.79 Å². The molecule has 3 rings (SSSR count). The summed E-state index contributed by atoms with van der Waals surface area (Å²) in [6, 6.07) is 0.185. The van der Waals surface area contributed by atoms with Crippen LogP contribution in [-0.2, 0) is 4.79 Å². The second-order valence-corrected chi connectivity index (χ2v) is 9.41. The van der Waals surface area contributed by atoms with Crippen LogP contribution >= 0.6 is 0 Å². The Morgan fingerprint density at radius 1 is 1.11 bits per heavy atom. The van der Waals surface area contributed by atoms with Crippen LogP contribution in [0.5, 0.6) is 0 Å². The first kappa shape index (κ1) is 19.9. The number of aromatic nitrogens is 2. The zero-order chi connectivity index (χ0) is 19.6. The number of rotatable bonds is 4. The van der Waals surface area contributed by atoms with E-state index in [1.807, 2.05) is 4.90 Å². The molecule has 2 aliphatic rings. The summed E-state index contributed by atoms with van der Waals surface area (Å²) >= 11 is 0. The van der Waals surface area contributed by atoms with E-state index in [-0.39, 0.29) is 11.6 Å². The molecule has 0 spiro atoms. The maximum Gasteiger partial charge on any atom is 0.338 e. The minimum absolute atomic E-state index is 0.185. The fraction of sp³-hybridized carbons (Fsp3) is 0.762. The Morgan fingerprint density at radius 2 is 1.74 bits per heavy atom. The lowest BCUT2D eigenvalue weighted by molar-refractivity contribution is -0.133. The van der Waals surface area contributed by atoms with Crippen molar-refractivity contribution in [2.75, 3.05) is 13.1 Å². The van der Waals surface area contributed by atoms with Gasteiger partial charge in [-0.05, 0) is 55.8 Å². The molecule has 0 atom stereocenters. The molecule has 1 N–H and O–H groups in total. The summed E-state index contributed by atoms with van der Waals surface area (Å²) in [4.78, 5) is 25.7.